The zero-order valence-electron chi connectivity index (χ0n) is 12.1. The number of carbonyl (C=O) groups excluding carboxylic acids is 3. The zero-order valence-corrected chi connectivity index (χ0v) is 12.1. The molecule has 0 radical (unpaired) electrons. The van der Waals surface area contributed by atoms with Gasteiger partial charge in [-0.05, 0) is 31.4 Å². The fourth-order valence-electron chi connectivity index (χ4n) is 2.18. The highest BCUT2D eigenvalue weighted by Gasteiger charge is 2.48. The Labute approximate surface area is 118 Å². The number of nitrogens with zero attached hydrogens (tertiary/aromatic N) is 1. The Kier molecular flexibility index (Phi) is 3.38. The minimum absolute atomic E-state index is 0.160. The SMILES string of the molecule is CC(C)c1ccccc1N1C(=O)NC(=O)C(C)(C)C1=O. The van der Waals surface area contributed by atoms with Crippen LogP contribution in [0.3, 0.4) is 0 Å². The van der Waals surface area contributed by atoms with Gasteiger partial charge < -0.3 is 0 Å². The smallest absolute Gasteiger partial charge is 0.276 e. The number of carbonyl (C=O) groups is 3. The molecule has 0 atom stereocenters. The van der Waals surface area contributed by atoms with Crippen LogP contribution < -0.4 is 10.2 Å². The van der Waals surface area contributed by atoms with Gasteiger partial charge in [0.1, 0.15) is 5.41 Å². The first-order valence-corrected chi connectivity index (χ1v) is 6.55. The summed E-state index contributed by atoms with van der Waals surface area (Å²) in [4.78, 5) is 37.4. The number of urea groups is 1. The van der Waals surface area contributed by atoms with Crippen molar-refractivity contribution in [3.05, 3.63) is 29.8 Å². The number of para-hydroxylation sites is 1. The zero-order chi connectivity index (χ0) is 15.1. The third kappa shape index (κ3) is 2.09. The van der Waals surface area contributed by atoms with E-state index >= 15 is 0 Å². The van der Waals surface area contributed by atoms with Gasteiger partial charge in [-0.3, -0.25) is 14.9 Å². The molecule has 5 heteroatoms. The van der Waals surface area contributed by atoms with Crippen molar-refractivity contribution in [1.29, 1.82) is 0 Å². The van der Waals surface area contributed by atoms with Crippen molar-refractivity contribution in [2.75, 3.05) is 4.90 Å². The van der Waals surface area contributed by atoms with Crippen molar-refractivity contribution >= 4 is 23.5 Å². The van der Waals surface area contributed by atoms with Crippen LogP contribution in [0.15, 0.2) is 24.3 Å². The van der Waals surface area contributed by atoms with Gasteiger partial charge in [0.2, 0.25) is 11.8 Å². The Morgan fingerprint density at radius 2 is 1.70 bits per heavy atom. The van der Waals surface area contributed by atoms with Crippen molar-refractivity contribution in [2.24, 2.45) is 5.41 Å². The van der Waals surface area contributed by atoms with E-state index in [9.17, 15) is 14.4 Å². The van der Waals surface area contributed by atoms with Crippen molar-refractivity contribution in [1.82, 2.24) is 5.32 Å². The molecule has 1 N–H and O–H groups in total. The minimum atomic E-state index is -1.25. The van der Waals surface area contributed by atoms with Crippen LogP contribution in [0.25, 0.3) is 0 Å². The monoisotopic (exact) mass is 274 g/mol. The first-order chi connectivity index (χ1) is 9.26. The summed E-state index contributed by atoms with van der Waals surface area (Å²) in [6, 6.07) is 6.54. The molecule has 1 fully saturated rings. The van der Waals surface area contributed by atoms with Crippen LogP contribution in [-0.2, 0) is 9.59 Å². The lowest BCUT2D eigenvalue weighted by Gasteiger charge is -2.35. The minimum Gasteiger partial charge on any atom is -0.276 e. The van der Waals surface area contributed by atoms with Gasteiger partial charge in [-0.2, -0.15) is 0 Å². The van der Waals surface area contributed by atoms with Gasteiger partial charge in [0.25, 0.3) is 0 Å². The lowest BCUT2D eigenvalue weighted by atomic mass is 9.88. The number of rotatable bonds is 2. The summed E-state index contributed by atoms with van der Waals surface area (Å²) in [7, 11) is 0. The summed E-state index contributed by atoms with van der Waals surface area (Å²) in [5, 5.41) is 2.24. The summed E-state index contributed by atoms with van der Waals surface area (Å²) in [5.41, 5.74) is 0.171. The molecule has 1 aromatic carbocycles. The van der Waals surface area contributed by atoms with Gasteiger partial charge in [0.05, 0.1) is 5.69 Å². The van der Waals surface area contributed by atoms with Crippen LogP contribution >= 0.6 is 0 Å². The van der Waals surface area contributed by atoms with Crippen molar-refractivity contribution in [3.63, 3.8) is 0 Å². The molecule has 2 rings (SSSR count). The molecule has 1 aromatic rings. The summed E-state index contributed by atoms with van der Waals surface area (Å²) in [6.07, 6.45) is 0. The highest BCUT2D eigenvalue weighted by Crippen LogP contribution is 2.33. The molecule has 0 saturated carbocycles. The molecule has 0 unspecified atom stereocenters. The Hall–Kier alpha value is -2.17. The van der Waals surface area contributed by atoms with E-state index < -0.39 is 23.3 Å². The molecule has 106 valence electrons. The predicted octanol–water partition coefficient (Wildman–Crippen LogP) is 2.42. The van der Waals surface area contributed by atoms with Crippen LogP contribution in [0.1, 0.15) is 39.2 Å². The molecular weight excluding hydrogens is 256 g/mol. The molecule has 0 aromatic heterocycles. The molecule has 1 heterocycles. The molecule has 4 amide bonds. The number of hydrogen-bond donors (Lipinski definition) is 1. The van der Waals surface area contributed by atoms with Gasteiger partial charge in [0, 0.05) is 0 Å². The fourth-order valence-corrected chi connectivity index (χ4v) is 2.18. The van der Waals surface area contributed by atoms with Crippen LogP contribution in [-0.4, -0.2) is 17.8 Å². The van der Waals surface area contributed by atoms with Gasteiger partial charge >= 0.3 is 6.03 Å². The first-order valence-electron chi connectivity index (χ1n) is 6.55. The number of imide groups is 2. The predicted molar refractivity (Wildman–Crippen MR) is 75.3 cm³/mol. The van der Waals surface area contributed by atoms with E-state index in [4.69, 9.17) is 0 Å². The van der Waals surface area contributed by atoms with Gasteiger partial charge in [0.15, 0.2) is 0 Å². The van der Waals surface area contributed by atoms with Crippen LogP contribution in [0.4, 0.5) is 10.5 Å². The molecule has 1 saturated heterocycles. The second-order valence-corrected chi connectivity index (χ2v) is 5.74. The van der Waals surface area contributed by atoms with E-state index in [0.717, 1.165) is 10.5 Å². The maximum atomic E-state index is 12.5. The third-order valence-corrected chi connectivity index (χ3v) is 3.53. The number of amides is 4. The molecule has 1 aliphatic heterocycles. The molecule has 0 aliphatic carbocycles. The summed E-state index contributed by atoms with van der Waals surface area (Å²) < 4.78 is 0. The number of anilines is 1. The van der Waals surface area contributed by atoms with E-state index in [1.54, 1.807) is 12.1 Å². The molecular formula is C15H18N2O3. The number of nitrogens with one attached hydrogen (secondary N) is 1. The van der Waals surface area contributed by atoms with Crippen LogP contribution in [0, 0.1) is 5.41 Å². The van der Waals surface area contributed by atoms with Gasteiger partial charge in [-0.25, -0.2) is 9.69 Å². The van der Waals surface area contributed by atoms with Crippen molar-refractivity contribution in [2.45, 2.75) is 33.6 Å². The fraction of sp³-hybridized carbons (Fsp3) is 0.400. The Morgan fingerprint density at radius 1 is 1.10 bits per heavy atom. The molecule has 5 nitrogen and oxygen atoms in total. The second kappa shape index (κ2) is 4.74. The average Bonchev–Trinajstić information content (AvgIpc) is 2.37. The summed E-state index contributed by atoms with van der Waals surface area (Å²) in [6.45, 7) is 7.01. The number of hydrogen-bond acceptors (Lipinski definition) is 3. The highest BCUT2D eigenvalue weighted by molar-refractivity contribution is 6.29. The van der Waals surface area contributed by atoms with E-state index in [1.165, 1.54) is 13.8 Å². The van der Waals surface area contributed by atoms with Gasteiger partial charge in [-0.1, -0.05) is 32.0 Å². The third-order valence-electron chi connectivity index (χ3n) is 3.53. The van der Waals surface area contributed by atoms with E-state index in [2.05, 4.69) is 5.32 Å². The Bertz CT molecular complexity index is 591. The van der Waals surface area contributed by atoms with Crippen molar-refractivity contribution in [3.8, 4) is 0 Å². The highest BCUT2D eigenvalue weighted by atomic mass is 16.2. The van der Waals surface area contributed by atoms with Crippen LogP contribution in [0.2, 0.25) is 0 Å². The van der Waals surface area contributed by atoms with E-state index in [0.29, 0.717) is 5.69 Å². The standard InChI is InChI=1S/C15H18N2O3/c1-9(2)10-7-5-6-8-11(10)17-13(19)15(3,4)12(18)16-14(17)20/h5-9H,1-4H3,(H,16,18,20). The topological polar surface area (TPSA) is 66.5 Å². The molecule has 20 heavy (non-hydrogen) atoms. The van der Waals surface area contributed by atoms with E-state index in [1.807, 2.05) is 26.0 Å². The Morgan fingerprint density at radius 3 is 2.30 bits per heavy atom. The molecule has 0 bridgehead atoms. The largest absolute Gasteiger partial charge is 0.335 e. The Balaban J connectivity index is 2.54. The second-order valence-electron chi connectivity index (χ2n) is 5.74. The average molecular weight is 274 g/mol. The first kappa shape index (κ1) is 14.2. The number of benzene rings is 1. The normalized spacial score (nSPS) is 18.4. The maximum Gasteiger partial charge on any atom is 0.335 e. The van der Waals surface area contributed by atoms with Crippen molar-refractivity contribution < 1.29 is 14.4 Å². The quantitative estimate of drug-likeness (QED) is 0.842. The molecule has 1 aliphatic rings. The maximum absolute atomic E-state index is 12.5. The summed E-state index contributed by atoms with van der Waals surface area (Å²) in [5.74, 6) is -0.905. The number of barbiturate groups is 1. The van der Waals surface area contributed by atoms with Crippen LogP contribution in [0.5, 0.6) is 0 Å². The lowest BCUT2D eigenvalue weighted by molar-refractivity contribution is -0.140. The molecule has 0 spiro atoms. The van der Waals surface area contributed by atoms with E-state index in [-0.39, 0.29) is 5.92 Å². The lowest BCUT2D eigenvalue weighted by Crippen LogP contribution is -2.62. The summed E-state index contributed by atoms with van der Waals surface area (Å²) >= 11 is 0. The van der Waals surface area contributed by atoms with Gasteiger partial charge in [-0.15, -0.1) is 0 Å².